The van der Waals surface area contributed by atoms with Gasteiger partial charge in [0, 0.05) is 23.5 Å². The van der Waals surface area contributed by atoms with Gasteiger partial charge in [-0.3, -0.25) is 9.38 Å². The number of sulfonamides is 1. The van der Waals surface area contributed by atoms with Crippen LogP contribution in [-0.2, 0) is 10.0 Å². The van der Waals surface area contributed by atoms with Gasteiger partial charge in [-0.15, -0.1) is 0 Å². The zero-order valence-corrected chi connectivity index (χ0v) is 14.2. The van der Waals surface area contributed by atoms with Crippen molar-refractivity contribution in [1.29, 1.82) is 0 Å². The fourth-order valence-electron chi connectivity index (χ4n) is 2.83. The minimum atomic E-state index is -3.79. The van der Waals surface area contributed by atoms with Gasteiger partial charge in [-0.2, -0.15) is 0 Å². The second-order valence-corrected chi connectivity index (χ2v) is 7.22. The van der Waals surface area contributed by atoms with E-state index in [1.807, 2.05) is 0 Å². The molecule has 0 unspecified atom stereocenters. The number of halogens is 1. The molecule has 2 heterocycles. The van der Waals surface area contributed by atoms with Crippen LogP contribution in [0.5, 0.6) is 0 Å². The van der Waals surface area contributed by atoms with Crippen LogP contribution in [-0.4, -0.2) is 22.8 Å². The molecular weight excluding hydrogens is 355 g/mol. The smallest absolute Gasteiger partial charge is 0.238 e. The van der Waals surface area contributed by atoms with E-state index in [0.29, 0.717) is 28.2 Å². The van der Waals surface area contributed by atoms with Crippen LogP contribution in [0.4, 0.5) is 4.39 Å². The number of nitrogens with zero attached hydrogens (tertiary/aromatic N) is 3. The van der Waals surface area contributed by atoms with E-state index >= 15 is 0 Å². The van der Waals surface area contributed by atoms with Gasteiger partial charge in [-0.1, -0.05) is 24.3 Å². The largest absolute Gasteiger partial charge is 0.296 e. The fraction of sp³-hybridized carbons (Fsp3) is 0. The average molecular weight is 368 g/mol. The maximum atomic E-state index is 14.4. The van der Waals surface area contributed by atoms with Gasteiger partial charge in [-0.05, 0) is 24.3 Å². The van der Waals surface area contributed by atoms with Gasteiger partial charge in [0.15, 0.2) is 5.65 Å². The fourth-order valence-corrected chi connectivity index (χ4v) is 3.34. The van der Waals surface area contributed by atoms with Gasteiger partial charge in [0.05, 0.1) is 16.8 Å². The van der Waals surface area contributed by atoms with Crippen molar-refractivity contribution in [3.05, 3.63) is 72.9 Å². The third kappa shape index (κ3) is 2.75. The second kappa shape index (κ2) is 6.01. The van der Waals surface area contributed by atoms with Crippen molar-refractivity contribution in [1.82, 2.24) is 14.4 Å². The predicted molar refractivity (Wildman–Crippen MR) is 95.2 cm³/mol. The molecule has 0 aliphatic heterocycles. The van der Waals surface area contributed by atoms with Crippen LogP contribution in [0.3, 0.4) is 0 Å². The molecule has 0 atom stereocenters. The van der Waals surface area contributed by atoms with Crippen LogP contribution >= 0.6 is 0 Å². The van der Waals surface area contributed by atoms with Crippen molar-refractivity contribution in [3.63, 3.8) is 0 Å². The maximum absolute atomic E-state index is 14.4. The molecule has 0 radical (unpaired) electrons. The lowest BCUT2D eigenvalue weighted by molar-refractivity contribution is 0.598. The van der Waals surface area contributed by atoms with Gasteiger partial charge in [-0.25, -0.2) is 22.9 Å². The van der Waals surface area contributed by atoms with Crippen molar-refractivity contribution in [3.8, 4) is 22.5 Å². The molecule has 130 valence electrons. The zero-order chi connectivity index (χ0) is 18.3. The normalized spacial score (nSPS) is 11.8. The van der Waals surface area contributed by atoms with Gasteiger partial charge in [0.2, 0.25) is 10.0 Å². The van der Waals surface area contributed by atoms with E-state index in [2.05, 4.69) is 9.97 Å². The number of fused-ring (bicyclic) bond motifs is 1. The third-order valence-electron chi connectivity index (χ3n) is 4.02. The van der Waals surface area contributed by atoms with Crippen LogP contribution < -0.4 is 5.14 Å². The number of hydrogen-bond acceptors (Lipinski definition) is 4. The lowest BCUT2D eigenvalue weighted by Gasteiger charge is -2.07. The lowest BCUT2D eigenvalue weighted by Crippen LogP contribution is -2.11. The number of nitrogens with two attached hydrogens (primary N) is 1. The van der Waals surface area contributed by atoms with Gasteiger partial charge in [0.25, 0.3) is 0 Å². The van der Waals surface area contributed by atoms with Gasteiger partial charge >= 0.3 is 0 Å². The van der Waals surface area contributed by atoms with Crippen molar-refractivity contribution in [2.45, 2.75) is 4.90 Å². The van der Waals surface area contributed by atoms with E-state index in [0.717, 1.165) is 0 Å². The van der Waals surface area contributed by atoms with E-state index < -0.39 is 15.8 Å². The molecule has 6 nitrogen and oxygen atoms in total. The highest BCUT2D eigenvalue weighted by atomic mass is 32.2. The Kier molecular flexibility index (Phi) is 3.78. The summed E-state index contributed by atoms with van der Waals surface area (Å²) in [5.41, 5.74) is 2.65. The predicted octanol–water partition coefficient (Wildman–Crippen LogP) is 2.85. The SMILES string of the molecule is NS(=O)(=O)c1ccc(-c2c(-c3ccccc3F)nc3cnccn23)cc1. The van der Waals surface area contributed by atoms with Crippen LogP contribution in [0.2, 0.25) is 0 Å². The first-order chi connectivity index (χ1) is 12.4. The lowest BCUT2D eigenvalue weighted by atomic mass is 10.0. The minimum absolute atomic E-state index is 0.00387. The monoisotopic (exact) mass is 368 g/mol. The quantitative estimate of drug-likeness (QED) is 0.602. The zero-order valence-electron chi connectivity index (χ0n) is 13.4. The summed E-state index contributed by atoms with van der Waals surface area (Å²) in [6, 6.07) is 12.4. The maximum Gasteiger partial charge on any atom is 0.238 e. The molecule has 0 saturated heterocycles. The highest BCUT2D eigenvalue weighted by Gasteiger charge is 2.19. The number of imidazole rings is 1. The molecule has 2 aromatic heterocycles. The summed E-state index contributed by atoms with van der Waals surface area (Å²) in [6.07, 6.45) is 4.89. The first-order valence-electron chi connectivity index (χ1n) is 7.65. The molecule has 2 N–H and O–H groups in total. The third-order valence-corrected chi connectivity index (χ3v) is 4.94. The summed E-state index contributed by atoms with van der Waals surface area (Å²) < 4.78 is 39.1. The highest BCUT2D eigenvalue weighted by molar-refractivity contribution is 7.89. The second-order valence-electron chi connectivity index (χ2n) is 5.66. The van der Waals surface area contributed by atoms with Crippen LogP contribution in [0.1, 0.15) is 0 Å². The van der Waals surface area contributed by atoms with Crippen molar-refractivity contribution < 1.29 is 12.8 Å². The van der Waals surface area contributed by atoms with Crippen LogP contribution in [0, 0.1) is 5.82 Å². The number of rotatable bonds is 3. The molecule has 0 amide bonds. The first-order valence-corrected chi connectivity index (χ1v) is 9.20. The molecular formula is C18H13FN4O2S. The Balaban J connectivity index is 2.00. The highest BCUT2D eigenvalue weighted by Crippen LogP contribution is 2.34. The molecule has 2 aromatic carbocycles. The van der Waals surface area contributed by atoms with Gasteiger partial charge in [0.1, 0.15) is 11.5 Å². The molecule has 0 spiro atoms. The Bertz CT molecular complexity index is 1220. The van der Waals surface area contributed by atoms with Crippen molar-refractivity contribution in [2.24, 2.45) is 5.14 Å². The van der Waals surface area contributed by atoms with E-state index in [1.165, 1.54) is 18.2 Å². The number of aromatic nitrogens is 3. The van der Waals surface area contributed by atoms with Crippen LogP contribution in [0.15, 0.2) is 72.0 Å². The molecule has 8 heteroatoms. The Morgan fingerprint density at radius 2 is 1.77 bits per heavy atom. The summed E-state index contributed by atoms with van der Waals surface area (Å²) in [5.74, 6) is -0.397. The van der Waals surface area contributed by atoms with Crippen LogP contribution in [0.25, 0.3) is 28.2 Å². The molecule has 4 rings (SSSR count). The van der Waals surface area contributed by atoms with Gasteiger partial charge < -0.3 is 0 Å². The number of benzene rings is 2. The summed E-state index contributed by atoms with van der Waals surface area (Å²) in [6.45, 7) is 0. The molecule has 4 aromatic rings. The molecule has 0 fully saturated rings. The summed E-state index contributed by atoms with van der Waals surface area (Å²) in [4.78, 5) is 8.56. The van der Waals surface area contributed by atoms with Crippen molar-refractivity contribution >= 4 is 15.7 Å². The Morgan fingerprint density at radius 1 is 1.04 bits per heavy atom. The summed E-state index contributed by atoms with van der Waals surface area (Å²) >= 11 is 0. The molecule has 0 aliphatic carbocycles. The minimum Gasteiger partial charge on any atom is -0.296 e. The number of primary sulfonamides is 1. The summed E-state index contributed by atoms with van der Waals surface area (Å²) in [5, 5.41) is 5.15. The standard InChI is InChI=1S/C18H13FN4O2S/c19-15-4-2-1-3-14(15)17-18(23-10-9-21-11-16(23)22-17)12-5-7-13(8-6-12)26(20,24)25/h1-11H,(H2,20,24,25). The molecule has 0 aliphatic rings. The Morgan fingerprint density at radius 3 is 2.46 bits per heavy atom. The Hall–Kier alpha value is -3.10. The van der Waals surface area contributed by atoms with E-state index in [9.17, 15) is 12.8 Å². The van der Waals surface area contributed by atoms with Crippen molar-refractivity contribution in [2.75, 3.05) is 0 Å². The van der Waals surface area contributed by atoms with E-state index in [1.54, 1.807) is 53.3 Å². The Labute approximate surface area is 148 Å². The topological polar surface area (TPSA) is 90.4 Å². The first kappa shape index (κ1) is 16.4. The number of hydrogen-bond donors (Lipinski definition) is 1. The van der Waals surface area contributed by atoms with E-state index in [4.69, 9.17) is 5.14 Å². The average Bonchev–Trinajstić information content (AvgIpc) is 3.00. The molecule has 0 saturated carbocycles. The molecule has 0 bridgehead atoms. The van der Waals surface area contributed by atoms with E-state index in [-0.39, 0.29) is 4.90 Å². The summed E-state index contributed by atoms with van der Waals surface area (Å²) in [7, 11) is -3.79. The molecule has 26 heavy (non-hydrogen) atoms.